The Bertz CT molecular complexity index is 524. The summed E-state index contributed by atoms with van der Waals surface area (Å²) >= 11 is 5.86. The van der Waals surface area contributed by atoms with Gasteiger partial charge in [0, 0.05) is 24.5 Å². The number of carbonyl (C=O) groups is 1. The van der Waals surface area contributed by atoms with Crippen molar-refractivity contribution in [3.8, 4) is 0 Å². The number of ether oxygens (including phenoxy) is 1. The Balaban J connectivity index is 1.63. The normalized spacial score (nSPS) is 22.4. The molecule has 1 amide bonds. The van der Waals surface area contributed by atoms with Crippen molar-refractivity contribution in [1.29, 1.82) is 0 Å². The maximum absolute atomic E-state index is 12.3. The zero-order valence-electron chi connectivity index (χ0n) is 10.9. The van der Waals surface area contributed by atoms with Crippen LogP contribution in [-0.4, -0.2) is 48.9 Å². The Hall–Kier alpha value is -1.59. The molecule has 2 aliphatic rings. The maximum atomic E-state index is 12.3. The number of oxime groups is 1. The Labute approximate surface area is 122 Å². The van der Waals surface area contributed by atoms with Crippen LogP contribution in [0.3, 0.4) is 0 Å². The third-order valence-corrected chi connectivity index (χ3v) is 3.70. The minimum absolute atomic E-state index is 0.0130. The van der Waals surface area contributed by atoms with Crippen molar-refractivity contribution in [3.63, 3.8) is 0 Å². The van der Waals surface area contributed by atoms with Gasteiger partial charge in [0.1, 0.15) is 0 Å². The highest BCUT2D eigenvalue weighted by Gasteiger charge is 2.32. The fourth-order valence-corrected chi connectivity index (χ4v) is 2.44. The summed E-state index contributed by atoms with van der Waals surface area (Å²) < 4.78 is 5.24. The summed E-state index contributed by atoms with van der Waals surface area (Å²) in [6.45, 7) is 2.41. The van der Waals surface area contributed by atoms with Gasteiger partial charge in [0.05, 0.1) is 18.9 Å². The average Bonchev–Trinajstić information content (AvgIpc) is 2.98. The third kappa shape index (κ3) is 2.78. The Morgan fingerprint density at radius 2 is 1.95 bits per heavy atom. The molecule has 2 heterocycles. The van der Waals surface area contributed by atoms with Gasteiger partial charge in [-0.05, 0) is 17.7 Å². The lowest BCUT2D eigenvalue weighted by Crippen LogP contribution is -2.45. The van der Waals surface area contributed by atoms with Crippen LogP contribution in [0.4, 0.5) is 0 Å². The maximum Gasteiger partial charge on any atom is 0.267 e. The van der Waals surface area contributed by atoms with Crippen LogP contribution in [0.2, 0.25) is 5.02 Å². The zero-order chi connectivity index (χ0) is 13.9. The molecule has 5 nitrogen and oxygen atoms in total. The van der Waals surface area contributed by atoms with Gasteiger partial charge in [0.15, 0.2) is 0 Å². The molecule has 2 aliphatic heterocycles. The summed E-state index contributed by atoms with van der Waals surface area (Å²) in [5.41, 5.74) is 1.72. The van der Waals surface area contributed by atoms with E-state index in [0.29, 0.717) is 37.7 Å². The molecule has 106 valence electrons. The van der Waals surface area contributed by atoms with Crippen LogP contribution in [0.5, 0.6) is 0 Å². The Morgan fingerprint density at radius 1 is 1.25 bits per heavy atom. The molecule has 1 atom stereocenters. The van der Waals surface area contributed by atoms with Crippen LogP contribution in [0.25, 0.3) is 0 Å². The largest absolute Gasteiger partial charge is 0.382 e. The first-order valence-electron chi connectivity index (χ1n) is 6.59. The van der Waals surface area contributed by atoms with Crippen molar-refractivity contribution in [2.75, 3.05) is 26.3 Å². The minimum Gasteiger partial charge on any atom is -0.382 e. The van der Waals surface area contributed by atoms with E-state index in [4.69, 9.17) is 21.2 Å². The van der Waals surface area contributed by atoms with Crippen LogP contribution >= 0.6 is 11.6 Å². The molecule has 1 fully saturated rings. The SMILES string of the molecule is O=C(C1CC(c2ccc(Cl)cc2)=NO1)N1CCOCC1. The molecule has 0 aromatic heterocycles. The lowest BCUT2D eigenvalue weighted by atomic mass is 10.0. The predicted octanol–water partition coefficient (Wildman–Crippen LogP) is 1.69. The number of carbonyl (C=O) groups excluding carboxylic acids is 1. The predicted molar refractivity (Wildman–Crippen MR) is 74.9 cm³/mol. The van der Waals surface area contributed by atoms with Gasteiger partial charge in [-0.3, -0.25) is 4.79 Å². The van der Waals surface area contributed by atoms with E-state index in [1.54, 1.807) is 17.0 Å². The standard InChI is InChI=1S/C14H15ClN2O3/c15-11-3-1-10(2-4-11)12-9-13(20-16-12)14(18)17-5-7-19-8-6-17/h1-4,13H,5-9H2. The van der Waals surface area contributed by atoms with Gasteiger partial charge in [-0.25, -0.2) is 0 Å². The molecular weight excluding hydrogens is 280 g/mol. The molecule has 1 saturated heterocycles. The Morgan fingerprint density at radius 3 is 2.65 bits per heavy atom. The summed E-state index contributed by atoms with van der Waals surface area (Å²) in [5.74, 6) is -0.0130. The van der Waals surface area contributed by atoms with Crippen LogP contribution in [0, 0.1) is 0 Å². The first-order chi connectivity index (χ1) is 9.74. The van der Waals surface area contributed by atoms with Gasteiger partial charge < -0.3 is 14.5 Å². The van der Waals surface area contributed by atoms with Crippen molar-refractivity contribution in [2.45, 2.75) is 12.5 Å². The molecule has 3 rings (SSSR count). The molecule has 0 aliphatic carbocycles. The fraction of sp³-hybridized carbons (Fsp3) is 0.429. The summed E-state index contributed by atoms with van der Waals surface area (Å²) in [4.78, 5) is 19.3. The first-order valence-corrected chi connectivity index (χ1v) is 6.97. The molecule has 1 unspecified atom stereocenters. The first kappa shape index (κ1) is 13.4. The Kier molecular flexibility index (Phi) is 3.89. The molecule has 1 aromatic rings. The monoisotopic (exact) mass is 294 g/mol. The van der Waals surface area contributed by atoms with Gasteiger partial charge in [0.25, 0.3) is 5.91 Å². The highest BCUT2D eigenvalue weighted by atomic mass is 35.5. The number of halogens is 1. The van der Waals surface area contributed by atoms with E-state index in [9.17, 15) is 4.79 Å². The lowest BCUT2D eigenvalue weighted by molar-refractivity contribution is -0.146. The molecule has 0 saturated carbocycles. The van der Waals surface area contributed by atoms with Crippen molar-refractivity contribution >= 4 is 23.2 Å². The topological polar surface area (TPSA) is 51.1 Å². The van der Waals surface area contributed by atoms with E-state index in [0.717, 1.165) is 11.3 Å². The molecule has 0 bridgehead atoms. The number of benzene rings is 1. The summed E-state index contributed by atoms with van der Waals surface area (Å²) in [6.07, 6.45) is -0.0172. The number of morpholine rings is 1. The average molecular weight is 295 g/mol. The van der Waals surface area contributed by atoms with Crippen molar-refractivity contribution < 1.29 is 14.4 Å². The van der Waals surface area contributed by atoms with Crippen molar-refractivity contribution in [1.82, 2.24) is 4.90 Å². The molecule has 0 N–H and O–H groups in total. The van der Waals surface area contributed by atoms with E-state index in [-0.39, 0.29) is 5.91 Å². The molecule has 0 spiro atoms. The van der Waals surface area contributed by atoms with E-state index in [2.05, 4.69) is 5.16 Å². The van der Waals surface area contributed by atoms with Crippen LogP contribution < -0.4 is 0 Å². The van der Waals surface area contributed by atoms with Crippen LogP contribution in [0.1, 0.15) is 12.0 Å². The van der Waals surface area contributed by atoms with Gasteiger partial charge in [-0.15, -0.1) is 0 Å². The van der Waals surface area contributed by atoms with E-state index in [1.807, 2.05) is 12.1 Å². The van der Waals surface area contributed by atoms with E-state index in [1.165, 1.54) is 0 Å². The zero-order valence-corrected chi connectivity index (χ0v) is 11.7. The quantitative estimate of drug-likeness (QED) is 0.834. The number of nitrogens with zero attached hydrogens (tertiary/aromatic N) is 2. The number of rotatable bonds is 2. The highest BCUT2D eigenvalue weighted by Crippen LogP contribution is 2.20. The second kappa shape index (κ2) is 5.81. The highest BCUT2D eigenvalue weighted by molar-refractivity contribution is 6.30. The summed E-state index contributed by atoms with van der Waals surface area (Å²) in [5, 5.41) is 4.70. The van der Waals surface area contributed by atoms with Gasteiger partial charge >= 0.3 is 0 Å². The number of hydrogen-bond donors (Lipinski definition) is 0. The van der Waals surface area contributed by atoms with Crippen molar-refractivity contribution in [2.24, 2.45) is 5.16 Å². The van der Waals surface area contributed by atoms with Gasteiger partial charge in [-0.2, -0.15) is 0 Å². The third-order valence-electron chi connectivity index (χ3n) is 3.44. The molecule has 0 radical (unpaired) electrons. The molecule has 6 heteroatoms. The van der Waals surface area contributed by atoms with E-state index >= 15 is 0 Å². The van der Waals surface area contributed by atoms with Gasteiger partial charge in [0.2, 0.25) is 6.10 Å². The van der Waals surface area contributed by atoms with Crippen molar-refractivity contribution in [3.05, 3.63) is 34.9 Å². The molecule has 20 heavy (non-hydrogen) atoms. The summed E-state index contributed by atoms with van der Waals surface area (Å²) in [6, 6.07) is 7.37. The van der Waals surface area contributed by atoms with E-state index < -0.39 is 6.10 Å². The minimum atomic E-state index is -0.515. The van der Waals surface area contributed by atoms with Gasteiger partial charge in [-0.1, -0.05) is 28.9 Å². The smallest absolute Gasteiger partial charge is 0.267 e. The number of amides is 1. The second-order valence-electron chi connectivity index (χ2n) is 4.78. The number of hydrogen-bond acceptors (Lipinski definition) is 4. The fourth-order valence-electron chi connectivity index (χ4n) is 2.31. The molecular formula is C14H15ClN2O3. The van der Waals surface area contributed by atoms with Crippen LogP contribution in [-0.2, 0) is 14.4 Å². The lowest BCUT2D eigenvalue weighted by Gasteiger charge is -2.28. The molecule has 1 aromatic carbocycles. The second-order valence-corrected chi connectivity index (χ2v) is 5.22. The van der Waals surface area contributed by atoms with Crippen LogP contribution in [0.15, 0.2) is 29.4 Å². The summed E-state index contributed by atoms with van der Waals surface area (Å²) in [7, 11) is 0.